The lowest BCUT2D eigenvalue weighted by atomic mass is 9.92. The van der Waals surface area contributed by atoms with Gasteiger partial charge in [-0.25, -0.2) is 16.8 Å². The molecule has 0 bridgehead atoms. The van der Waals surface area contributed by atoms with E-state index in [9.17, 15) is 26.2 Å². The Hall–Kier alpha value is -2.92. The average Bonchev–Trinajstić information content (AvgIpc) is 2.97. The number of allylic oxidation sites excluding steroid dienone is 1. The molecule has 0 amide bonds. The van der Waals surface area contributed by atoms with Gasteiger partial charge in [0.2, 0.25) is 25.6 Å². The van der Waals surface area contributed by atoms with Crippen LogP contribution in [0.2, 0.25) is 0 Å². The van der Waals surface area contributed by atoms with Crippen molar-refractivity contribution < 1.29 is 35.2 Å². The lowest BCUT2D eigenvalue weighted by Gasteiger charge is -2.40. The number of carbonyl (C=O) groups is 1. The van der Waals surface area contributed by atoms with E-state index in [2.05, 4.69) is 4.72 Å². The zero-order valence-electron chi connectivity index (χ0n) is 22.9. The molecule has 218 valence electrons. The Bertz CT molecular complexity index is 1710. The molecule has 4 rings (SSSR count). The first-order chi connectivity index (χ1) is 19.4. The van der Waals surface area contributed by atoms with Crippen molar-refractivity contribution in [3.8, 4) is 0 Å². The van der Waals surface area contributed by atoms with E-state index in [1.165, 1.54) is 60.7 Å². The molecule has 3 aromatic carbocycles. The number of benzene rings is 3. The predicted octanol–water partition coefficient (Wildman–Crippen LogP) is 5.73. The molecule has 0 saturated carbocycles. The summed E-state index contributed by atoms with van der Waals surface area (Å²) >= 11 is 0. The quantitative estimate of drug-likeness (QED) is 0.255. The number of sulfonamides is 1. The van der Waals surface area contributed by atoms with Crippen molar-refractivity contribution in [3.63, 3.8) is 0 Å². The van der Waals surface area contributed by atoms with Crippen LogP contribution in [0.5, 0.6) is 0 Å². The van der Waals surface area contributed by atoms with Crippen LogP contribution in [0.25, 0.3) is 0 Å². The van der Waals surface area contributed by atoms with Crippen molar-refractivity contribution in [1.82, 2.24) is 4.72 Å². The molecular weight excluding hydrogens is 585 g/mol. The highest BCUT2D eigenvalue weighted by Crippen LogP contribution is 2.67. The van der Waals surface area contributed by atoms with E-state index < -0.39 is 43.4 Å². The fraction of sp³-hybridized carbons (Fsp3) is 0.276. The number of hydrogen-bond acceptors (Lipinski definition) is 8. The summed E-state index contributed by atoms with van der Waals surface area (Å²) in [6, 6.07) is 19.1. The number of rotatable bonds is 12. The molecule has 0 spiro atoms. The third-order valence-corrected chi connectivity index (χ3v) is 12.3. The van der Waals surface area contributed by atoms with Gasteiger partial charge < -0.3 is 9.05 Å². The maximum atomic E-state index is 14.9. The SMILES string of the molecule is CCCOP(=O)(OCCC)C1(NS(=O)(=O)c2ccccc2)C=C(S(=O)(=O)c2ccc(C)cc2)C(=O)c2ccccc21. The molecule has 0 aromatic heterocycles. The number of nitrogens with one attached hydrogen (secondary N) is 1. The molecule has 1 atom stereocenters. The van der Waals surface area contributed by atoms with Gasteiger partial charge >= 0.3 is 7.60 Å². The predicted molar refractivity (Wildman–Crippen MR) is 156 cm³/mol. The van der Waals surface area contributed by atoms with Gasteiger partial charge in [0.25, 0.3) is 0 Å². The molecule has 1 aliphatic rings. The summed E-state index contributed by atoms with van der Waals surface area (Å²) in [4.78, 5) is 12.7. The summed E-state index contributed by atoms with van der Waals surface area (Å²) in [6.07, 6.45) is 1.71. The summed E-state index contributed by atoms with van der Waals surface area (Å²) in [5.41, 5.74) is 0.619. The Balaban J connectivity index is 2.10. The molecule has 0 heterocycles. The number of sulfone groups is 1. The molecule has 1 N–H and O–H groups in total. The molecule has 1 aliphatic carbocycles. The van der Waals surface area contributed by atoms with E-state index in [0.717, 1.165) is 11.6 Å². The van der Waals surface area contributed by atoms with Gasteiger partial charge in [0.15, 0.2) is 5.28 Å². The Kier molecular flexibility index (Phi) is 9.18. The largest absolute Gasteiger partial charge is 0.360 e. The topological polar surface area (TPSA) is 133 Å². The summed E-state index contributed by atoms with van der Waals surface area (Å²) in [6.45, 7) is 5.16. The Morgan fingerprint density at radius 1 is 0.780 bits per heavy atom. The highest BCUT2D eigenvalue weighted by Gasteiger charge is 2.58. The van der Waals surface area contributed by atoms with Crippen LogP contribution in [-0.2, 0) is 38.8 Å². The minimum atomic E-state index is -4.62. The molecule has 12 heteroatoms. The molecule has 1 unspecified atom stereocenters. The Labute approximate surface area is 241 Å². The highest BCUT2D eigenvalue weighted by molar-refractivity contribution is 7.96. The first-order valence-corrected chi connectivity index (χ1v) is 17.6. The number of Topliss-reactive ketones (excluding diaryl/α,β-unsaturated/α-hetero) is 1. The minimum Gasteiger partial charge on any atom is -0.307 e. The fourth-order valence-corrected chi connectivity index (χ4v) is 10.1. The van der Waals surface area contributed by atoms with Crippen LogP contribution < -0.4 is 4.72 Å². The normalized spacial score (nSPS) is 17.6. The molecule has 0 radical (unpaired) electrons. The number of ketones is 1. The van der Waals surface area contributed by atoms with Crippen LogP contribution in [0.1, 0.15) is 48.2 Å². The smallest absolute Gasteiger partial charge is 0.307 e. The van der Waals surface area contributed by atoms with Crippen LogP contribution in [0.4, 0.5) is 0 Å². The molecular formula is C29H32NO8PS2. The van der Waals surface area contributed by atoms with Crippen LogP contribution in [-0.4, -0.2) is 35.8 Å². The van der Waals surface area contributed by atoms with Crippen molar-refractivity contribution in [3.05, 3.63) is 107 Å². The Morgan fingerprint density at radius 3 is 1.93 bits per heavy atom. The van der Waals surface area contributed by atoms with E-state index in [1.807, 2.05) is 0 Å². The second-order valence-electron chi connectivity index (χ2n) is 9.55. The molecule has 0 fully saturated rings. The van der Waals surface area contributed by atoms with Gasteiger partial charge in [-0.05, 0) is 50.1 Å². The summed E-state index contributed by atoms with van der Waals surface area (Å²) in [5, 5.41) is -2.40. The van der Waals surface area contributed by atoms with Gasteiger partial charge in [-0.15, -0.1) is 0 Å². The number of hydrogen-bond donors (Lipinski definition) is 1. The van der Waals surface area contributed by atoms with Gasteiger partial charge in [-0.1, -0.05) is 74.0 Å². The maximum Gasteiger partial charge on any atom is 0.360 e. The summed E-state index contributed by atoms with van der Waals surface area (Å²) in [7, 11) is -13.6. The molecule has 0 saturated heterocycles. The van der Waals surface area contributed by atoms with Crippen LogP contribution >= 0.6 is 7.60 Å². The number of carbonyl (C=O) groups excluding carboxylic acids is 1. The first kappa shape index (κ1) is 31.0. The van der Waals surface area contributed by atoms with Gasteiger partial charge in [0.1, 0.15) is 4.91 Å². The third-order valence-electron chi connectivity index (χ3n) is 6.47. The number of aryl methyl sites for hydroxylation is 1. The van der Waals surface area contributed by atoms with Crippen molar-refractivity contribution in [2.24, 2.45) is 0 Å². The fourth-order valence-electron chi connectivity index (χ4n) is 4.42. The maximum absolute atomic E-state index is 14.9. The molecule has 9 nitrogen and oxygen atoms in total. The molecule has 0 aliphatic heterocycles. The van der Waals surface area contributed by atoms with Crippen molar-refractivity contribution in [2.45, 2.75) is 48.7 Å². The van der Waals surface area contributed by atoms with Crippen LogP contribution in [0, 0.1) is 6.92 Å². The molecule has 41 heavy (non-hydrogen) atoms. The van der Waals surface area contributed by atoms with Crippen LogP contribution in [0.3, 0.4) is 0 Å². The monoisotopic (exact) mass is 617 g/mol. The van der Waals surface area contributed by atoms with E-state index in [4.69, 9.17) is 9.05 Å². The van der Waals surface area contributed by atoms with E-state index >= 15 is 0 Å². The lowest BCUT2D eigenvalue weighted by Crippen LogP contribution is -2.48. The van der Waals surface area contributed by atoms with E-state index in [-0.39, 0.29) is 34.1 Å². The zero-order chi connectivity index (χ0) is 29.9. The highest BCUT2D eigenvalue weighted by atomic mass is 32.2. The van der Waals surface area contributed by atoms with E-state index in [0.29, 0.717) is 12.8 Å². The van der Waals surface area contributed by atoms with Crippen molar-refractivity contribution >= 4 is 33.2 Å². The Morgan fingerprint density at radius 2 is 1.34 bits per heavy atom. The average molecular weight is 618 g/mol. The van der Waals surface area contributed by atoms with Gasteiger partial charge in [-0.3, -0.25) is 9.36 Å². The van der Waals surface area contributed by atoms with Crippen molar-refractivity contribution in [2.75, 3.05) is 13.2 Å². The van der Waals surface area contributed by atoms with Gasteiger partial charge in [0.05, 0.1) is 23.0 Å². The second kappa shape index (κ2) is 12.1. The van der Waals surface area contributed by atoms with Crippen molar-refractivity contribution in [1.29, 1.82) is 0 Å². The summed E-state index contributed by atoms with van der Waals surface area (Å²) in [5.74, 6) is -0.867. The van der Waals surface area contributed by atoms with Gasteiger partial charge in [0, 0.05) is 11.1 Å². The molecule has 3 aromatic rings. The lowest BCUT2D eigenvalue weighted by molar-refractivity contribution is 0.103. The zero-order valence-corrected chi connectivity index (χ0v) is 25.5. The standard InChI is InChI=1S/C29H32NO8PS2/c1-4-19-37-39(32,38-20-5-2)29(30-41(35,36)24-11-7-6-8-12-24)21-27(28(31)25-13-9-10-14-26(25)29)40(33,34)23-17-15-22(3)16-18-23/h6-18,21,30H,4-5,19-20H2,1-3H3. The van der Waals surface area contributed by atoms with E-state index in [1.54, 1.807) is 39.0 Å². The third kappa shape index (κ3) is 5.88. The summed E-state index contributed by atoms with van der Waals surface area (Å²) < 4.78 is 84.7. The minimum absolute atomic E-state index is 0.0390. The van der Waals surface area contributed by atoms with Crippen LogP contribution in [0.15, 0.2) is 99.6 Å². The first-order valence-electron chi connectivity index (χ1n) is 13.1. The second-order valence-corrected chi connectivity index (χ2v) is 15.4. The van der Waals surface area contributed by atoms with Gasteiger partial charge in [-0.2, -0.15) is 4.72 Å². The number of fused-ring (bicyclic) bond motifs is 1.